The predicted octanol–water partition coefficient (Wildman–Crippen LogP) is 0.974. The molecule has 1 saturated heterocycles. The first-order valence-electron chi connectivity index (χ1n) is 6.85. The van der Waals surface area contributed by atoms with E-state index in [1.165, 1.54) is 5.56 Å². The summed E-state index contributed by atoms with van der Waals surface area (Å²) in [5.41, 5.74) is 2.05. The van der Waals surface area contributed by atoms with Gasteiger partial charge in [-0.2, -0.15) is 4.98 Å². The molecule has 21 heavy (non-hydrogen) atoms. The molecule has 1 aliphatic heterocycles. The maximum atomic E-state index is 11.6. The van der Waals surface area contributed by atoms with Crippen LogP contribution in [0.3, 0.4) is 0 Å². The van der Waals surface area contributed by atoms with Crippen LogP contribution in [0.15, 0.2) is 28.8 Å². The minimum absolute atomic E-state index is 0.120. The van der Waals surface area contributed by atoms with Gasteiger partial charge in [0, 0.05) is 24.6 Å². The SMILES string of the molecule is Cc1ccc(-c2noc(CC3CS(=O)(=O)CCN3)n2)cc1. The lowest BCUT2D eigenvalue weighted by atomic mass is 10.1. The van der Waals surface area contributed by atoms with Gasteiger partial charge in [-0.25, -0.2) is 8.42 Å². The van der Waals surface area contributed by atoms with E-state index in [1.807, 2.05) is 31.2 Å². The zero-order chi connectivity index (χ0) is 14.9. The second-order valence-corrected chi connectivity index (χ2v) is 7.58. The fraction of sp³-hybridized carbons (Fsp3) is 0.429. The first-order valence-corrected chi connectivity index (χ1v) is 8.67. The van der Waals surface area contributed by atoms with Crippen molar-refractivity contribution >= 4 is 9.84 Å². The molecule has 1 aromatic heterocycles. The van der Waals surface area contributed by atoms with Crippen molar-refractivity contribution in [2.24, 2.45) is 0 Å². The Balaban J connectivity index is 1.72. The first-order chi connectivity index (χ1) is 10.0. The normalized spacial score (nSPS) is 21.3. The van der Waals surface area contributed by atoms with Gasteiger partial charge in [0.1, 0.15) is 0 Å². The van der Waals surface area contributed by atoms with Crippen LogP contribution >= 0.6 is 0 Å². The summed E-state index contributed by atoms with van der Waals surface area (Å²) in [6.45, 7) is 2.49. The average Bonchev–Trinajstić information content (AvgIpc) is 2.87. The molecule has 0 radical (unpaired) electrons. The molecule has 1 fully saturated rings. The topological polar surface area (TPSA) is 85.1 Å². The number of aromatic nitrogens is 2. The summed E-state index contributed by atoms with van der Waals surface area (Å²) in [6.07, 6.45) is 0.429. The third-order valence-corrected chi connectivity index (χ3v) is 5.24. The van der Waals surface area contributed by atoms with E-state index in [4.69, 9.17) is 4.52 Å². The number of benzene rings is 1. The van der Waals surface area contributed by atoms with E-state index in [1.54, 1.807) is 0 Å². The van der Waals surface area contributed by atoms with Gasteiger partial charge in [0.15, 0.2) is 9.84 Å². The Kier molecular flexibility index (Phi) is 3.77. The lowest BCUT2D eigenvalue weighted by Gasteiger charge is -2.21. The van der Waals surface area contributed by atoms with Gasteiger partial charge in [-0.15, -0.1) is 0 Å². The fourth-order valence-electron chi connectivity index (χ4n) is 2.37. The first kappa shape index (κ1) is 14.2. The van der Waals surface area contributed by atoms with Crippen molar-refractivity contribution in [1.29, 1.82) is 0 Å². The summed E-state index contributed by atoms with van der Waals surface area (Å²) in [5, 5.41) is 7.13. The second-order valence-electron chi connectivity index (χ2n) is 5.35. The minimum Gasteiger partial charge on any atom is -0.339 e. The second kappa shape index (κ2) is 5.57. The van der Waals surface area contributed by atoms with Crippen molar-refractivity contribution in [2.75, 3.05) is 18.1 Å². The molecule has 7 heteroatoms. The minimum atomic E-state index is -2.95. The monoisotopic (exact) mass is 307 g/mol. The lowest BCUT2D eigenvalue weighted by Crippen LogP contribution is -2.46. The van der Waals surface area contributed by atoms with Crippen LogP contribution in [0, 0.1) is 6.92 Å². The van der Waals surface area contributed by atoms with Crippen molar-refractivity contribution in [1.82, 2.24) is 15.5 Å². The van der Waals surface area contributed by atoms with Crippen LogP contribution in [0.5, 0.6) is 0 Å². The zero-order valence-corrected chi connectivity index (χ0v) is 12.6. The number of rotatable bonds is 3. The highest BCUT2D eigenvalue weighted by molar-refractivity contribution is 7.91. The van der Waals surface area contributed by atoms with Gasteiger partial charge < -0.3 is 9.84 Å². The molecule has 0 amide bonds. The van der Waals surface area contributed by atoms with E-state index in [-0.39, 0.29) is 17.5 Å². The van der Waals surface area contributed by atoms with Crippen LogP contribution in [-0.4, -0.2) is 42.7 Å². The van der Waals surface area contributed by atoms with Crippen LogP contribution < -0.4 is 5.32 Å². The number of sulfone groups is 1. The average molecular weight is 307 g/mol. The molecule has 0 bridgehead atoms. The molecule has 1 aliphatic rings. The van der Waals surface area contributed by atoms with Crippen molar-refractivity contribution < 1.29 is 12.9 Å². The molecule has 112 valence electrons. The van der Waals surface area contributed by atoms with Crippen molar-refractivity contribution in [3.63, 3.8) is 0 Å². The third kappa shape index (κ3) is 3.48. The van der Waals surface area contributed by atoms with Gasteiger partial charge in [-0.05, 0) is 6.92 Å². The standard InChI is InChI=1S/C14H17N3O3S/c1-10-2-4-11(5-3-10)14-16-13(20-17-14)8-12-9-21(18,19)7-6-15-12/h2-5,12,15H,6-9H2,1H3. The number of nitrogens with zero attached hydrogens (tertiary/aromatic N) is 2. The Labute approximate surface area is 123 Å². The maximum Gasteiger partial charge on any atom is 0.228 e. The highest BCUT2D eigenvalue weighted by Gasteiger charge is 2.26. The molecule has 1 aromatic carbocycles. The third-order valence-electron chi connectivity index (χ3n) is 3.50. The summed E-state index contributed by atoms with van der Waals surface area (Å²) in [7, 11) is -2.95. The van der Waals surface area contributed by atoms with Crippen LogP contribution in [0.2, 0.25) is 0 Å². The summed E-state index contributed by atoms with van der Waals surface area (Å²) < 4.78 is 28.4. The quantitative estimate of drug-likeness (QED) is 0.909. The summed E-state index contributed by atoms with van der Waals surface area (Å²) in [5.74, 6) is 1.31. The number of hydrogen-bond donors (Lipinski definition) is 1. The number of aryl methyl sites for hydroxylation is 1. The van der Waals surface area contributed by atoms with Crippen LogP contribution in [0.1, 0.15) is 11.5 Å². The highest BCUT2D eigenvalue weighted by atomic mass is 32.2. The summed E-state index contributed by atoms with van der Waals surface area (Å²) >= 11 is 0. The largest absolute Gasteiger partial charge is 0.339 e. The van der Waals surface area contributed by atoms with Gasteiger partial charge in [-0.1, -0.05) is 35.0 Å². The number of nitrogens with one attached hydrogen (secondary N) is 1. The Morgan fingerprint density at radius 3 is 2.81 bits per heavy atom. The molecule has 1 atom stereocenters. The fourth-order valence-corrected chi connectivity index (χ4v) is 3.81. The van der Waals surface area contributed by atoms with Crippen molar-refractivity contribution in [2.45, 2.75) is 19.4 Å². The molecular formula is C14H17N3O3S. The van der Waals surface area contributed by atoms with Gasteiger partial charge in [-0.3, -0.25) is 0 Å². The number of hydrogen-bond acceptors (Lipinski definition) is 6. The molecule has 1 unspecified atom stereocenters. The van der Waals surface area contributed by atoms with Crippen LogP contribution in [0.4, 0.5) is 0 Å². The van der Waals surface area contributed by atoms with E-state index in [0.717, 1.165) is 5.56 Å². The maximum absolute atomic E-state index is 11.6. The van der Waals surface area contributed by atoms with E-state index in [9.17, 15) is 8.42 Å². The highest BCUT2D eigenvalue weighted by Crippen LogP contribution is 2.17. The van der Waals surface area contributed by atoms with Gasteiger partial charge >= 0.3 is 0 Å². The molecule has 6 nitrogen and oxygen atoms in total. The smallest absolute Gasteiger partial charge is 0.228 e. The summed E-state index contributed by atoms with van der Waals surface area (Å²) in [6, 6.07) is 7.69. The Morgan fingerprint density at radius 2 is 2.10 bits per heavy atom. The molecular weight excluding hydrogens is 290 g/mol. The summed E-state index contributed by atoms with van der Waals surface area (Å²) in [4.78, 5) is 4.34. The Hall–Kier alpha value is -1.73. The molecule has 1 N–H and O–H groups in total. The van der Waals surface area contributed by atoms with Crippen molar-refractivity contribution in [3.8, 4) is 11.4 Å². The van der Waals surface area contributed by atoms with E-state index < -0.39 is 9.84 Å². The van der Waals surface area contributed by atoms with E-state index >= 15 is 0 Å². The van der Waals surface area contributed by atoms with Crippen molar-refractivity contribution in [3.05, 3.63) is 35.7 Å². The van der Waals surface area contributed by atoms with Crippen LogP contribution in [0.25, 0.3) is 11.4 Å². The van der Waals surface area contributed by atoms with Gasteiger partial charge in [0.25, 0.3) is 0 Å². The van der Waals surface area contributed by atoms with E-state index in [2.05, 4.69) is 15.5 Å². The molecule has 0 spiro atoms. The van der Waals surface area contributed by atoms with Crippen LogP contribution in [-0.2, 0) is 16.3 Å². The van der Waals surface area contributed by atoms with Gasteiger partial charge in [0.2, 0.25) is 11.7 Å². The molecule has 0 saturated carbocycles. The van der Waals surface area contributed by atoms with E-state index in [0.29, 0.717) is 24.7 Å². The Morgan fingerprint density at radius 1 is 1.33 bits per heavy atom. The predicted molar refractivity (Wildman–Crippen MR) is 78.6 cm³/mol. The van der Waals surface area contributed by atoms with Gasteiger partial charge in [0.05, 0.1) is 11.5 Å². The zero-order valence-electron chi connectivity index (χ0n) is 11.7. The lowest BCUT2D eigenvalue weighted by molar-refractivity contribution is 0.361. The molecule has 2 aromatic rings. The molecule has 2 heterocycles. The molecule has 0 aliphatic carbocycles. The molecule has 3 rings (SSSR count). The Bertz CT molecular complexity index is 722.